The number of ether oxygens (including phenoxy) is 1. The highest BCUT2D eigenvalue weighted by Crippen LogP contribution is 2.40. The summed E-state index contributed by atoms with van der Waals surface area (Å²) in [6, 6.07) is 0. The number of carbonyl (C=O) groups excluding carboxylic acids is 1. The molecule has 122 valence electrons. The molecule has 1 amide bonds. The van der Waals surface area contributed by atoms with Crippen LogP contribution in [0.3, 0.4) is 0 Å². The van der Waals surface area contributed by atoms with Gasteiger partial charge in [-0.05, 0) is 18.8 Å². The Kier molecular flexibility index (Phi) is 3.97. The van der Waals surface area contributed by atoms with Crippen LogP contribution in [0.25, 0.3) is 0 Å². The molecule has 2 aliphatic heterocycles. The smallest absolute Gasteiger partial charge is 0.232 e. The van der Waals surface area contributed by atoms with Crippen molar-refractivity contribution in [2.24, 2.45) is 5.41 Å². The van der Waals surface area contributed by atoms with Gasteiger partial charge in [0.2, 0.25) is 11.8 Å². The second kappa shape index (κ2) is 5.65. The van der Waals surface area contributed by atoms with Gasteiger partial charge >= 0.3 is 0 Å². The van der Waals surface area contributed by atoms with Gasteiger partial charge in [-0.2, -0.15) is 4.98 Å². The highest BCUT2D eigenvalue weighted by molar-refractivity contribution is 5.79. The molecule has 0 N–H and O–H groups in total. The van der Waals surface area contributed by atoms with Gasteiger partial charge in [0.15, 0.2) is 5.82 Å². The second-order valence-electron chi connectivity index (χ2n) is 7.38. The molecule has 0 radical (unpaired) electrons. The zero-order chi connectivity index (χ0) is 15.9. The van der Waals surface area contributed by atoms with E-state index in [2.05, 4.69) is 30.9 Å². The molecule has 6 heteroatoms. The third-order valence-electron chi connectivity index (χ3n) is 4.68. The van der Waals surface area contributed by atoms with Crippen molar-refractivity contribution in [3.63, 3.8) is 0 Å². The van der Waals surface area contributed by atoms with Crippen LogP contribution >= 0.6 is 0 Å². The Labute approximate surface area is 131 Å². The van der Waals surface area contributed by atoms with Gasteiger partial charge in [-0.15, -0.1) is 0 Å². The van der Waals surface area contributed by atoms with E-state index in [1.54, 1.807) is 0 Å². The molecule has 2 aliphatic rings. The maximum absolute atomic E-state index is 11.9. The monoisotopic (exact) mass is 307 g/mol. The van der Waals surface area contributed by atoms with E-state index in [-0.39, 0.29) is 29.3 Å². The first-order chi connectivity index (χ1) is 10.4. The number of likely N-dealkylation sites (tertiary alicyclic amines) is 1. The molecule has 1 aromatic heterocycles. The lowest BCUT2D eigenvalue weighted by Crippen LogP contribution is -2.30. The first-order valence-electron chi connectivity index (χ1n) is 8.13. The van der Waals surface area contributed by atoms with Gasteiger partial charge in [0.1, 0.15) is 0 Å². The van der Waals surface area contributed by atoms with Crippen LogP contribution in [0.2, 0.25) is 0 Å². The summed E-state index contributed by atoms with van der Waals surface area (Å²) in [6.45, 7) is 10.7. The van der Waals surface area contributed by atoms with Crippen LogP contribution in [0, 0.1) is 5.41 Å². The number of nitrogens with zero attached hydrogens (tertiary/aromatic N) is 3. The van der Waals surface area contributed by atoms with Crippen molar-refractivity contribution in [2.45, 2.75) is 58.5 Å². The number of likely N-dealkylation sites (N-methyl/N-ethyl adjacent to an activating group) is 1. The van der Waals surface area contributed by atoms with Crippen molar-refractivity contribution in [3.05, 3.63) is 11.7 Å². The molecule has 3 heterocycles. The van der Waals surface area contributed by atoms with Gasteiger partial charge in [-0.25, -0.2) is 0 Å². The van der Waals surface area contributed by atoms with Crippen molar-refractivity contribution < 1.29 is 14.1 Å². The minimum absolute atomic E-state index is 0.0316. The highest BCUT2D eigenvalue weighted by Gasteiger charge is 2.41. The van der Waals surface area contributed by atoms with E-state index in [0.29, 0.717) is 18.9 Å². The lowest BCUT2D eigenvalue weighted by atomic mass is 9.81. The van der Waals surface area contributed by atoms with E-state index < -0.39 is 0 Å². The molecule has 1 aromatic rings. The predicted molar refractivity (Wildman–Crippen MR) is 80.5 cm³/mol. The molecule has 3 atom stereocenters. The van der Waals surface area contributed by atoms with Crippen LogP contribution in [0.1, 0.15) is 64.1 Å². The first kappa shape index (κ1) is 15.5. The Hall–Kier alpha value is -1.43. The quantitative estimate of drug-likeness (QED) is 0.857. The third kappa shape index (κ3) is 2.76. The first-order valence-corrected chi connectivity index (χ1v) is 8.13. The topological polar surface area (TPSA) is 68.5 Å². The largest absolute Gasteiger partial charge is 0.377 e. The summed E-state index contributed by atoms with van der Waals surface area (Å²) in [6.07, 6.45) is 1.50. The Bertz CT molecular complexity index is 549. The average molecular weight is 307 g/mol. The number of hydrogen-bond donors (Lipinski definition) is 0. The molecule has 0 saturated carbocycles. The fraction of sp³-hybridized carbons (Fsp3) is 0.812. The molecule has 6 nitrogen and oxygen atoms in total. The Balaban J connectivity index is 1.76. The molecule has 0 bridgehead atoms. The lowest BCUT2D eigenvalue weighted by molar-refractivity contribution is -0.127. The molecule has 0 aliphatic carbocycles. The van der Waals surface area contributed by atoms with Gasteiger partial charge in [0.05, 0.1) is 17.9 Å². The van der Waals surface area contributed by atoms with Crippen LogP contribution in [-0.2, 0) is 9.53 Å². The van der Waals surface area contributed by atoms with Crippen molar-refractivity contribution in [3.8, 4) is 0 Å². The van der Waals surface area contributed by atoms with E-state index in [9.17, 15) is 4.79 Å². The van der Waals surface area contributed by atoms with Gasteiger partial charge in [0.25, 0.3) is 0 Å². The second-order valence-corrected chi connectivity index (χ2v) is 7.38. The normalized spacial score (nSPS) is 29.5. The third-order valence-corrected chi connectivity index (χ3v) is 4.68. The number of rotatable bonds is 3. The SMILES string of the molecule is CCN1C[C@@H](c2nc([C@H]3CCO[C@@H]3C(C)(C)C)no2)CC1=O. The minimum Gasteiger partial charge on any atom is -0.377 e. The summed E-state index contributed by atoms with van der Waals surface area (Å²) in [7, 11) is 0. The Morgan fingerprint density at radius 3 is 2.77 bits per heavy atom. The summed E-state index contributed by atoms with van der Waals surface area (Å²) in [5, 5.41) is 4.19. The van der Waals surface area contributed by atoms with E-state index in [1.807, 2.05) is 11.8 Å². The fourth-order valence-electron chi connectivity index (χ4n) is 3.51. The molecular weight excluding hydrogens is 282 g/mol. The summed E-state index contributed by atoms with van der Waals surface area (Å²) in [5.74, 6) is 1.71. The van der Waals surface area contributed by atoms with E-state index in [1.165, 1.54) is 0 Å². The Morgan fingerprint density at radius 1 is 1.36 bits per heavy atom. The number of amides is 1. The molecular formula is C16H25N3O3. The molecule has 22 heavy (non-hydrogen) atoms. The van der Waals surface area contributed by atoms with Crippen molar-refractivity contribution >= 4 is 5.91 Å². The fourth-order valence-corrected chi connectivity index (χ4v) is 3.51. The van der Waals surface area contributed by atoms with Gasteiger partial charge in [-0.3, -0.25) is 4.79 Å². The average Bonchev–Trinajstić information content (AvgIpc) is 3.15. The van der Waals surface area contributed by atoms with Gasteiger partial charge in [0, 0.05) is 26.1 Å². The minimum atomic E-state index is 0.0316. The number of carbonyl (C=O) groups is 1. The Morgan fingerprint density at radius 2 is 2.14 bits per heavy atom. The van der Waals surface area contributed by atoms with Crippen LogP contribution in [0.15, 0.2) is 4.52 Å². The summed E-state index contributed by atoms with van der Waals surface area (Å²) in [5.41, 5.74) is 0.0459. The van der Waals surface area contributed by atoms with Crippen LogP contribution < -0.4 is 0 Å². The summed E-state index contributed by atoms with van der Waals surface area (Å²) < 4.78 is 11.4. The number of hydrogen-bond acceptors (Lipinski definition) is 5. The lowest BCUT2D eigenvalue weighted by Gasteiger charge is -2.29. The van der Waals surface area contributed by atoms with Crippen LogP contribution in [-0.4, -0.2) is 46.7 Å². The molecule has 0 aromatic carbocycles. The molecule has 2 saturated heterocycles. The molecule has 3 rings (SSSR count). The van der Waals surface area contributed by atoms with Crippen LogP contribution in [0.5, 0.6) is 0 Å². The zero-order valence-corrected chi connectivity index (χ0v) is 13.8. The maximum atomic E-state index is 11.9. The van der Waals surface area contributed by atoms with E-state index >= 15 is 0 Å². The van der Waals surface area contributed by atoms with E-state index in [4.69, 9.17) is 9.26 Å². The summed E-state index contributed by atoms with van der Waals surface area (Å²) >= 11 is 0. The van der Waals surface area contributed by atoms with E-state index in [0.717, 1.165) is 25.4 Å². The van der Waals surface area contributed by atoms with Crippen molar-refractivity contribution in [1.82, 2.24) is 15.0 Å². The maximum Gasteiger partial charge on any atom is 0.232 e. The van der Waals surface area contributed by atoms with Crippen molar-refractivity contribution in [2.75, 3.05) is 19.7 Å². The number of aromatic nitrogens is 2. The molecule has 2 fully saturated rings. The van der Waals surface area contributed by atoms with Crippen LogP contribution in [0.4, 0.5) is 0 Å². The van der Waals surface area contributed by atoms with Gasteiger partial charge < -0.3 is 14.2 Å². The highest BCUT2D eigenvalue weighted by atomic mass is 16.5. The standard InChI is InChI=1S/C16H25N3O3/c1-5-19-9-10(8-12(19)20)15-17-14(18-22-15)11-6-7-21-13(11)16(2,3)4/h10-11,13H,5-9H2,1-4H3/t10-,11-,13-/m0/s1. The zero-order valence-electron chi connectivity index (χ0n) is 13.8. The van der Waals surface area contributed by atoms with Crippen molar-refractivity contribution in [1.29, 1.82) is 0 Å². The van der Waals surface area contributed by atoms with Gasteiger partial charge in [-0.1, -0.05) is 25.9 Å². The predicted octanol–water partition coefficient (Wildman–Crippen LogP) is 2.32. The molecule has 0 unspecified atom stereocenters. The summed E-state index contributed by atoms with van der Waals surface area (Å²) in [4.78, 5) is 18.3. The molecule has 0 spiro atoms.